The van der Waals surface area contributed by atoms with Gasteiger partial charge in [0.05, 0.1) is 22.3 Å². The molecule has 4 nitrogen and oxygen atoms in total. The summed E-state index contributed by atoms with van der Waals surface area (Å²) in [4.78, 5) is 10.3. The summed E-state index contributed by atoms with van der Waals surface area (Å²) in [7, 11) is 0. The second-order valence-electron chi connectivity index (χ2n) is 14.0. The maximum atomic E-state index is 6.71. The molecule has 226 valence electrons. The summed E-state index contributed by atoms with van der Waals surface area (Å²) in [6.07, 6.45) is 0. The smallest absolute Gasteiger partial charge is 0.227 e. The summed E-state index contributed by atoms with van der Waals surface area (Å²) in [5.74, 6) is 1.46. The first kappa shape index (κ1) is 29.0. The summed E-state index contributed by atoms with van der Waals surface area (Å²) in [6.45, 7) is 17.9. The van der Waals surface area contributed by atoms with Crippen LogP contribution in [0.3, 0.4) is 0 Å². The summed E-state index contributed by atoms with van der Waals surface area (Å²) in [6, 6.07) is 32.6. The third-order valence-electron chi connectivity index (χ3n) is 9.01. The van der Waals surface area contributed by atoms with Crippen molar-refractivity contribution in [3.8, 4) is 28.2 Å². The number of furan rings is 1. The molecule has 45 heavy (non-hydrogen) atoms. The average Bonchev–Trinajstić information content (AvgIpc) is 3.59. The molecule has 0 amide bonds. The van der Waals surface area contributed by atoms with Crippen molar-refractivity contribution in [2.75, 3.05) is 0 Å². The van der Waals surface area contributed by atoms with E-state index in [4.69, 9.17) is 14.4 Å². The Balaban J connectivity index is 1.58. The maximum absolute atomic E-state index is 6.71. The predicted molar refractivity (Wildman–Crippen MR) is 189 cm³/mol. The van der Waals surface area contributed by atoms with Crippen molar-refractivity contribution < 1.29 is 4.42 Å². The van der Waals surface area contributed by atoms with Gasteiger partial charge in [0.2, 0.25) is 5.71 Å². The van der Waals surface area contributed by atoms with E-state index in [0.717, 1.165) is 44.5 Å². The van der Waals surface area contributed by atoms with Crippen LogP contribution >= 0.6 is 0 Å². The quantitative estimate of drug-likeness (QED) is 0.200. The summed E-state index contributed by atoms with van der Waals surface area (Å²) < 4.78 is 9.10. The highest BCUT2D eigenvalue weighted by molar-refractivity contribution is 6.10. The van der Waals surface area contributed by atoms with Crippen LogP contribution in [0.15, 0.2) is 95.4 Å². The Bertz CT molecular complexity index is 2180. The first-order valence-corrected chi connectivity index (χ1v) is 16.1. The number of pyridine rings is 1. The van der Waals surface area contributed by atoms with Crippen LogP contribution in [0.25, 0.3) is 61.3 Å². The molecule has 7 rings (SSSR count). The lowest BCUT2D eigenvalue weighted by Crippen LogP contribution is -2.12. The molecule has 0 saturated heterocycles. The van der Waals surface area contributed by atoms with Gasteiger partial charge in [0, 0.05) is 21.9 Å². The van der Waals surface area contributed by atoms with Crippen LogP contribution in [-0.4, -0.2) is 14.5 Å². The van der Waals surface area contributed by atoms with Gasteiger partial charge in [-0.1, -0.05) is 97.0 Å². The van der Waals surface area contributed by atoms with Gasteiger partial charge in [-0.05, 0) is 89.0 Å². The van der Waals surface area contributed by atoms with Crippen molar-refractivity contribution in [1.82, 2.24) is 14.5 Å². The van der Waals surface area contributed by atoms with Crippen LogP contribution in [0.2, 0.25) is 0 Å². The van der Waals surface area contributed by atoms with Gasteiger partial charge >= 0.3 is 0 Å². The topological polar surface area (TPSA) is 43.9 Å². The Morgan fingerprint density at radius 2 is 1.38 bits per heavy atom. The van der Waals surface area contributed by atoms with Crippen LogP contribution in [0.4, 0.5) is 0 Å². The van der Waals surface area contributed by atoms with E-state index in [1.54, 1.807) is 0 Å². The zero-order valence-corrected chi connectivity index (χ0v) is 27.6. The highest BCUT2D eigenvalue weighted by Gasteiger charge is 2.26. The largest absolute Gasteiger partial charge is 0.437 e. The van der Waals surface area contributed by atoms with Crippen molar-refractivity contribution in [2.24, 2.45) is 0 Å². The first-order chi connectivity index (χ1) is 21.5. The van der Waals surface area contributed by atoms with Gasteiger partial charge in [0.1, 0.15) is 11.4 Å². The number of para-hydroxylation sites is 2. The number of imidazole rings is 1. The predicted octanol–water partition coefficient (Wildman–Crippen LogP) is 11.5. The molecule has 0 aliphatic carbocycles. The van der Waals surface area contributed by atoms with E-state index >= 15 is 0 Å². The standard InChI is InChI=1S/C41H41N3O/c1-24(2)31-22-28(27-14-10-9-11-15-27)23-32(25(3)4)37(31)44-34-17-13-12-16-33(34)42-39(44)30-19-18-26(5)36-29-20-21-35(41(6,7)8)43-40(29)45-38(30)36/h9-25H,1-8H3. The van der Waals surface area contributed by atoms with E-state index in [-0.39, 0.29) is 5.41 Å². The molecule has 0 bridgehead atoms. The number of nitrogens with zero attached hydrogens (tertiary/aromatic N) is 3. The van der Waals surface area contributed by atoms with E-state index in [1.165, 1.54) is 33.5 Å². The van der Waals surface area contributed by atoms with Gasteiger partial charge in [-0.15, -0.1) is 0 Å². The molecule has 4 aromatic carbocycles. The lowest BCUT2D eigenvalue weighted by atomic mass is 9.88. The van der Waals surface area contributed by atoms with Crippen molar-refractivity contribution in [2.45, 2.75) is 72.6 Å². The maximum Gasteiger partial charge on any atom is 0.227 e. The molecule has 0 unspecified atom stereocenters. The van der Waals surface area contributed by atoms with Crippen molar-refractivity contribution in [1.29, 1.82) is 0 Å². The minimum Gasteiger partial charge on any atom is -0.437 e. The molecule has 0 N–H and O–H groups in total. The van der Waals surface area contributed by atoms with Crippen LogP contribution in [0.1, 0.15) is 82.7 Å². The summed E-state index contributed by atoms with van der Waals surface area (Å²) >= 11 is 0. The highest BCUT2D eigenvalue weighted by atomic mass is 16.3. The molecule has 4 heteroatoms. The van der Waals surface area contributed by atoms with Gasteiger partial charge in [-0.2, -0.15) is 0 Å². The number of aryl methyl sites for hydroxylation is 1. The van der Waals surface area contributed by atoms with E-state index in [2.05, 4.69) is 151 Å². The first-order valence-electron chi connectivity index (χ1n) is 16.1. The molecule has 0 atom stereocenters. The molecular weight excluding hydrogens is 550 g/mol. The van der Waals surface area contributed by atoms with Gasteiger partial charge in [0.15, 0.2) is 0 Å². The third kappa shape index (κ3) is 4.84. The molecule has 0 aliphatic heterocycles. The Morgan fingerprint density at radius 3 is 2.04 bits per heavy atom. The summed E-state index contributed by atoms with van der Waals surface area (Å²) in [5.41, 5.74) is 12.9. The number of benzene rings is 4. The molecule has 0 fully saturated rings. The molecular formula is C41H41N3O. The molecule has 0 spiro atoms. The number of rotatable bonds is 5. The second kappa shape index (κ2) is 10.7. The monoisotopic (exact) mass is 591 g/mol. The number of hydrogen-bond donors (Lipinski definition) is 0. The second-order valence-corrected chi connectivity index (χ2v) is 14.0. The molecule has 0 radical (unpaired) electrons. The number of aromatic nitrogens is 3. The lowest BCUT2D eigenvalue weighted by molar-refractivity contribution is 0.562. The minimum absolute atomic E-state index is 0.0780. The van der Waals surface area contributed by atoms with Crippen LogP contribution in [0, 0.1) is 6.92 Å². The lowest BCUT2D eigenvalue weighted by Gasteiger charge is -2.24. The fourth-order valence-electron chi connectivity index (χ4n) is 6.57. The van der Waals surface area contributed by atoms with E-state index in [9.17, 15) is 0 Å². The number of fused-ring (bicyclic) bond motifs is 4. The Labute approximate surface area is 265 Å². The van der Waals surface area contributed by atoms with Gasteiger partial charge in [-0.25, -0.2) is 9.97 Å². The van der Waals surface area contributed by atoms with E-state index in [0.29, 0.717) is 17.5 Å². The fraction of sp³-hybridized carbons (Fsp3) is 0.268. The Hall–Kier alpha value is -4.70. The average molecular weight is 592 g/mol. The SMILES string of the molecule is Cc1ccc(-c2nc3ccccc3n2-c2c(C(C)C)cc(-c3ccccc3)cc2C(C)C)c2oc3nc(C(C)(C)C)ccc3c12. The molecule has 3 aromatic heterocycles. The zero-order valence-electron chi connectivity index (χ0n) is 27.6. The van der Waals surface area contributed by atoms with Crippen molar-refractivity contribution in [3.63, 3.8) is 0 Å². The van der Waals surface area contributed by atoms with Crippen LogP contribution in [-0.2, 0) is 5.41 Å². The molecule has 7 aromatic rings. The normalized spacial score (nSPS) is 12.4. The van der Waals surface area contributed by atoms with Gasteiger partial charge < -0.3 is 4.42 Å². The van der Waals surface area contributed by atoms with E-state index in [1.807, 2.05) is 0 Å². The zero-order chi connectivity index (χ0) is 31.6. The molecule has 3 heterocycles. The molecule has 0 saturated carbocycles. The minimum atomic E-state index is -0.0780. The van der Waals surface area contributed by atoms with Crippen LogP contribution < -0.4 is 0 Å². The highest BCUT2D eigenvalue weighted by Crippen LogP contribution is 2.43. The Kier molecular flexibility index (Phi) is 6.92. The molecule has 0 aliphatic rings. The van der Waals surface area contributed by atoms with E-state index < -0.39 is 0 Å². The third-order valence-corrected chi connectivity index (χ3v) is 9.01. The van der Waals surface area contributed by atoms with Crippen molar-refractivity contribution in [3.05, 3.63) is 113 Å². The van der Waals surface area contributed by atoms with Crippen LogP contribution in [0.5, 0.6) is 0 Å². The Morgan fingerprint density at radius 1 is 0.711 bits per heavy atom. The van der Waals surface area contributed by atoms with Crippen molar-refractivity contribution >= 4 is 33.1 Å². The summed E-state index contributed by atoms with van der Waals surface area (Å²) in [5, 5.41) is 2.14. The number of hydrogen-bond acceptors (Lipinski definition) is 3. The fourth-order valence-corrected chi connectivity index (χ4v) is 6.57. The van der Waals surface area contributed by atoms with Gasteiger partial charge in [-0.3, -0.25) is 4.57 Å². The van der Waals surface area contributed by atoms with Gasteiger partial charge in [0.25, 0.3) is 0 Å².